The second-order valence-corrected chi connectivity index (χ2v) is 6.09. The van der Waals surface area contributed by atoms with Gasteiger partial charge in [-0.3, -0.25) is 4.79 Å². The number of carbonyl (C=O) groups excluding carboxylic acids is 1. The molecule has 116 valence electrons. The molecular formula is C17H26N2O2. The van der Waals surface area contributed by atoms with Crippen molar-refractivity contribution in [3.05, 3.63) is 30.3 Å². The summed E-state index contributed by atoms with van der Waals surface area (Å²) in [6.45, 7) is 2.93. The van der Waals surface area contributed by atoms with Crippen LogP contribution in [0.1, 0.15) is 39.0 Å². The van der Waals surface area contributed by atoms with Crippen LogP contribution in [0.25, 0.3) is 0 Å². The molecule has 0 saturated heterocycles. The number of para-hydroxylation sites is 1. The Kier molecular flexibility index (Phi) is 5.76. The lowest BCUT2D eigenvalue weighted by Gasteiger charge is -2.35. The normalized spacial score (nSPS) is 25.5. The van der Waals surface area contributed by atoms with Gasteiger partial charge in [0.25, 0.3) is 0 Å². The minimum atomic E-state index is -0.640. The number of nitrogens with one attached hydrogen (secondary N) is 2. The molecule has 0 aliphatic heterocycles. The van der Waals surface area contributed by atoms with Crippen molar-refractivity contribution < 1.29 is 9.90 Å². The molecule has 4 heteroatoms. The monoisotopic (exact) mass is 290 g/mol. The van der Waals surface area contributed by atoms with Gasteiger partial charge in [0.2, 0.25) is 5.91 Å². The van der Waals surface area contributed by atoms with E-state index in [1.165, 1.54) is 6.42 Å². The molecule has 4 nitrogen and oxygen atoms in total. The van der Waals surface area contributed by atoms with Crippen LogP contribution in [-0.2, 0) is 4.79 Å². The molecule has 1 aromatic rings. The van der Waals surface area contributed by atoms with E-state index in [1.807, 2.05) is 30.3 Å². The van der Waals surface area contributed by atoms with E-state index in [-0.39, 0.29) is 12.5 Å². The number of amides is 1. The Labute approximate surface area is 126 Å². The molecule has 21 heavy (non-hydrogen) atoms. The summed E-state index contributed by atoms with van der Waals surface area (Å²) in [6, 6.07) is 9.40. The summed E-state index contributed by atoms with van der Waals surface area (Å²) in [7, 11) is 0. The van der Waals surface area contributed by atoms with Crippen LogP contribution in [0, 0.1) is 5.92 Å². The highest BCUT2D eigenvalue weighted by Gasteiger charge is 2.32. The second-order valence-electron chi connectivity index (χ2n) is 6.09. The zero-order chi connectivity index (χ0) is 15.1. The third kappa shape index (κ3) is 5.14. The van der Waals surface area contributed by atoms with Crippen LogP contribution in [0.15, 0.2) is 30.3 Å². The molecule has 0 spiro atoms. The molecule has 0 atom stereocenters. The first kappa shape index (κ1) is 16.0. The Morgan fingerprint density at radius 2 is 1.95 bits per heavy atom. The molecule has 0 bridgehead atoms. The lowest BCUT2D eigenvalue weighted by atomic mass is 9.78. The van der Waals surface area contributed by atoms with E-state index >= 15 is 0 Å². The summed E-state index contributed by atoms with van der Waals surface area (Å²) < 4.78 is 0. The molecule has 1 fully saturated rings. The molecule has 1 saturated carbocycles. The maximum absolute atomic E-state index is 11.8. The summed E-state index contributed by atoms with van der Waals surface area (Å²) in [5.74, 6) is 0.679. The van der Waals surface area contributed by atoms with Crippen molar-refractivity contribution in [1.29, 1.82) is 0 Å². The fourth-order valence-electron chi connectivity index (χ4n) is 2.94. The molecule has 0 heterocycles. The maximum Gasteiger partial charge on any atom is 0.238 e. The van der Waals surface area contributed by atoms with E-state index in [0.717, 1.165) is 37.3 Å². The number of anilines is 1. The van der Waals surface area contributed by atoms with Crippen LogP contribution < -0.4 is 10.6 Å². The standard InChI is InChI=1S/C17H26N2O2/c1-2-14-8-10-17(21,11-9-14)13-18-12-16(20)19-15-6-4-3-5-7-15/h3-7,14,18,21H,2,8-13H2,1H3,(H,19,20). The third-order valence-electron chi connectivity index (χ3n) is 4.41. The van der Waals surface area contributed by atoms with Crippen molar-refractivity contribution in [2.24, 2.45) is 5.92 Å². The van der Waals surface area contributed by atoms with Gasteiger partial charge in [0.15, 0.2) is 0 Å². The highest BCUT2D eigenvalue weighted by atomic mass is 16.3. The van der Waals surface area contributed by atoms with E-state index in [2.05, 4.69) is 17.6 Å². The van der Waals surface area contributed by atoms with Gasteiger partial charge >= 0.3 is 0 Å². The quantitative estimate of drug-likeness (QED) is 0.754. The van der Waals surface area contributed by atoms with Crippen molar-refractivity contribution in [3.8, 4) is 0 Å². The topological polar surface area (TPSA) is 61.4 Å². The smallest absolute Gasteiger partial charge is 0.238 e. The van der Waals surface area contributed by atoms with Crippen LogP contribution in [0.4, 0.5) is 5.69 Å². The number of benzene rings is 1. The zero-order valence-corrected chi connectivity index (χ0v) is 12.8. The predicted octanol–water partition coefficient (Wildman–Crippen LogP) is 2.55. The molecule has 0 unspecified atom stereocenters. The number of aliphatic hydroxyl groups is 1. The van der Waals surface area contributed by atoms with E-state index in [9.17, 15) is 9.90 Å². The molecule has 2 rings (SSSR count). The molecule has 0 aromatic heterocycles. The number of hydrogen-bond donors (Lipinski definition) is 3. The summed E-state index contributed by atoms with van der Waals surface area (Å²) in [4.78, 5) is 11.8. The van der Waals surface area contributed by atoms with E-state index in [0.29, 0.717) is 6.54 Å². The molecule has 1 aliphatic rings. The maximum atomic E-state index is 11.8. The Morgan fingerprint density at radius 1 is 1.29 bits per heavy atom. The van der Waals surface area contributed by atoms with Crippen molar-refractivity contribution in [3.63, 3.8) is 0 Å². The first-order valence-corrected chi connectivity index (χ1v) is 7.89. The van der Waals surface area contributed by atoms with E-state index < -0.39 is 5.60 Å². The predicted molar refractivity (Wildman–Crippen MR) is 85.1 cm³/mol. The largest absolute Gasteiger partial charge is 0.389 e. The fraction of sp³-hybridized carbons (Fsp3) is 0.588. The average molecular weight is 290 g/mol. The summed E-state index contributed by atoms with van der Waals surface area (Å²) in [6.07, 6.45) is 5.04. The van der Waals surface area contributed by atoms with Gasteiger partial charge in [-0.15, -0.1) is 0 Å². The minimum Gasteiger partial charge on any atom is -0.389 e. The van der Waals surface area contributed by atoms with Crippen molar-refractivity contribution in [1.82, 2.24) is 5.32 Å². The molecule has 1 aliphatic carbocycles. The van der Waals surface area contributed by atoms with Crippen molar-refractivity contribution in [2.45, 2.75) is 44.6 Å². The SMILES string of the molecule is CCC1CCC(O)(CNCC(=O)Nc2ccccc2)CC1. The van der Waals surface area contributed by atoms with Gasteiger partial charge in [-0.25, -0.2) is 0 Å². The van der Waals surface area contributed by atoms with Crippen LogP contribution in [-0.4, -0.2) is 29.7 Å². The highest BCUT2D eigenvalue weighted by Crippen LogP contribution is 2.33. The van der Waals surface area contributed by atoms with Crippen molar-refractivity contribution in [2.75, 3.05) is 18.4 Å². The van der Waals surface area contributed by atoms with Gasteiger partial charge in [-0.2, -0.15) is 0 Å². The zero-order valence-electron chi connectivity index (χ0n) is 12.8. The Balaban J connectivity index is 1.68. The second kappa shape index (κ2) is 7.57. The van der Waals surface area contributed by atoms with Crippen LogP contribution in [0.2, 0.25) is 0 Å². The highest BCUT2D eigenvalue weighted by molar-refractivity contribution is 5.92. The van der Waals surface area contributed by atoms with Gasteiger partial charge < -0.3 is 15.7 Å². The third-order valence-corrected chi connectivity index (χ3v) is 4.41. The summed E-state index contributed by atoms with van der Waals surface area (Å²) in [5, 5.41) is 16.4. The van der Waals surface area contributed by atoms with Gasteiger partial charge in [-0.05, 0) is 43.7 Å². The van der Waals surface area contributed by atoms with Gasteiger partial charge in [0.05, 0.1) is 12.1 Å². The average Bonchev–Trinajstić information content (AvgIpc) is 2.49. The van der Waals surface area contributed by atoms with Gasteiger partial charge in [-0.1, -0.05) is 31.5 Å². The number of carbonyl (C=O) groups is 1. The fourth-order valence-corrected chi connectivity index (χ4v) is 2.94. The Bertz CT molecular complexity index is 439. The molecular weight excluding hydrogens is 264 g/mol. The first-order valence-electron chi connectivity index (χ1n) is 7.89. The lowest BCUT2D eigenvalue weighted by molar-refractivity contribution is -0.115. The lowest BCUT2D eigenvalue weighted by Crippen LogP contribution is -2.45. The Hall–Kier alpha value is -1.39. The number of hydrogen-bond acceptors (Lipinski definition) is 3. The number of rotatable bonds is 6. The van der Waals surface area contributed by atoms with Crippen LogP contribution in [0.3, 0.4) is 0 Å². The molecule has 1 amide bonds. The van der Waals surface area contributed by atoms with E-state index in [4.69, 9.17) is 0 Å². The minimum absolute atomic E-state index is 0.0768. The molecule has 3 N–H and O–H groups in total. The Morgan fingerprint density at radius 3 is 2.57 bits per heavy atom. The van der Waals surface area contributed by atoms with Gasteiger partial charge in [0, 0.05) is 12.2 Å². The van der Waals surface area contributed by atoms with Crippen LogP contribution >= 0.6 is 0 Å². The van der Waals surface area contributed by atoms with E-state index in [1.54, 1.807) is 0 Å². The van der Waals surface area contributed by atoms with Crippen molar-refractivity contribution >= 4 is 11.6 Å². The summed E-state index contributed by atoms with van der Waals surface area (Å²) in [5.41, 5.74) is 0.157. The molecule has 1 aromatic carbocycles. The van der Waals surface area contributed by atoms with Gasteiger partial charge in [0.1, 0.15) is 0 Å². The first-order chi connectivity index (χ1) is 10.1. The molecule has 0 radical (unpaired) electrons. The van der Waals surface area contributed by atoms with Crippen LogP contribution in [0.5, 0.6) is 0 Å². The summed E-state index contributed by atoms with van der Waals surface area (Å²) >= 11 is 0.